The molecular weight excluding hydrogens is 293 g/mol. The predicted octanol–water partition coefficient (Wildman–Crippen LogP) is 2.40. The largest absolute Gasteiger partial charge is 0.453 e. The number of hydrogen-bond donors (Lipinski definition) is 0. The maximum absolute atomic E-state index is 12.7. The van der Waals surface area contributed by atoms with Crippen LogP contribution in [-0.4, -0.2) is 29.6 Å². The number of rotatable bonds is 2. The molecule has 0 radical (unpaired) electrons. The van der Waals surface area contributed by atoms with Crippen LogP contribution in [0.3, 0.4) is 0 Å². The standard InChI is InChI=1S/C10H9F3N6S/c1-3-18-5(2)6(4-14-18)7-17-19-8(10(11,12)13)15-16-9(19)20-7/h4H,3H2,1-2H3. The van der Waals surface area contributed by atoms with Gasteiger partial charge in [0.05, 0.1) is 11.8 Å². The highest BCUT2D eigenvalue weighted by Gasteiger charge is 2.38. The maximum Gasteiger partial charge on any atom is 0.453 e. The number of nitrogens with zero attached hydrogens (tertiary/aromatic N) is 6. The predicted molar refractivity (Wildman–Crippen MR) is 65.3 cm³/mol. The Labute approximate surface area is 114 Å². The number of hydrogen-bond acceptors (Lipinski definition) is 5. The lowest BCUT2D eigenvalue weighted by Crippen LogP contribution is -2.11. The minimum atomic E-state index is -4.58. The Morgan fingerprint density at radius 1 is 1.30 bits per heavy atom. The summed E-state index contributed by atoms with van der Waals surface area (Å²) in [6.07, 6.45) is -2.98. The molecule has 6 nitrogen and oxygen atoms in total. The van der Waals surface area contributed by atoms with Crippen molar-refractivity contribution >= 4 is 16.3 Å². The normalized spacial score (nSPS) is 12.4. The third kappa shape index (κ3) is 1.87. The van der Waals surface area contributed by atoms with Gasteiger partial charge in [-0.3, -0.25) is 4.68 Å². The van der Waals surface area contributed by atoms with Crippen molar-refractivity contribution in [1.29, 1.82) is 0 Å². The molecule has 0 atom stereocenters. The van der Waals surface area contributed by atoms with E-state index in [-0.39, 0.29) is 4.96 Å². The van der Waals surface area contributed by atoms with Crippen LogP contribution in [0, 0.1) is 6.92 Å². The van der Waals surface area contributed by atoms with Crippen molar-refractivity contribution in [2.24, 2.45) is 0 Å². The van der Waals surface area contributed by atoms with E-state index in [9.17, 15) is 13.2 Å². The molecule has 20 heavy (non-hydrogen) atoms. The summed E-state index contributed by atoms with van der Waals surface area (Å²) in [6, 6.07) is 0. The summed E-state index contributed by atoms with van der Waals surface area (Å²) in [5.41, 5.74) is 1.56. The second-order valence-corrected chi connectivity index (χ2v) is 5.04. The average molecular weight is 302 g/mol. The van der Waals surface area contributed by atoms with Crippen LogP contribution in [0.25, 0.3) is 15.5 Å². The van der Waals surface area contributed by atoms with Crippen molar-refractivity contribution < 1.29 is 13.2 Å². The first-order valence-corrected chi connectivity index (χ1v) is 6.55. The summed E-state index contributed by atoms with van der Waals surface area (Å²) in [6.45, 7) is 4.47. The van der Waals surface area contributed by atoms with E-state index >= 15 is 0 Å². The lowest BCUT2D eigenvalue weighted by atomic mass is 10.3. The van der Waals surface area contributed by atoms with Gasteiger partial charge in [-0.05, 0) is 13.8 Å². The van der Waals surface area contributed by atoms with E-state index in [2.05, 4.69) is 20.4 Å². The third-order valence-electron chi connectivity index (χ3n) is 2.88. The van der Waals surface area contributed by atoms with E-state index in [1.165, 1.54) is 0 Å². The molecule has 3 heterocycles. The van der Waals surface area contributed by atoms with Crippen LogP contribution in [0.5, 0.6) is 0 Å². The molecule has 0 N–H and O–H groups in total. The average Bonchev–Trinajstić information content (AvgIpc) is 2.99. The van der Waals surface area contributed by atoms with E-state index in [1.807, 2.05) is 13.8 Å². The van der Waals surface area contributed by atoms with Gasteiger partial charge in [0.1, 0.15) is 0 Å². The highest BCUT2D eigenvalue weighted by molar-refractivity contribution is 7.19. The van der Waals surface area contributed by atoms with Crippen LogP contribution < -0.4 is 0 Å². The van der Waals surface area contributed by atoms with E-state index in [4.69, 9.17) is 0 Å². The molecule has 0 bridgehead atoms. The molecule has 0 aliphatic carbocycles. The molecule has 0 aliphatic heterocycles. The lowest BCUT2D eigenvalue weighted by molar-refractivity contribution is -0.146. The number of fused-ring (bicyclic) bond motifs is 1. The fourth-order valence-corrected chi connectivity index (χ4v) is 2.78. The van der Waals surface area contributed by atoms with Crippen molar-refractivity contribution in [3.05, 3.63) is 17.7 Å². The monoisotopic (exact) mass is 302 g/mol. The number of halogens is 3. The van der Waals surface area contributed by atoms with Gasteiger partial charge in [-0.15, -0.1) is 10.2 Å². The van der Waals surface area contributed by atoms with Crippen LogP contribution in [0.15, 0.2) is 6.20 Å². The Balaban J connectivity index is 2.14. The number of aromatic nitrogens is 6. The molecule has 106 valence electrons. The van der Waals surface area contributed by atoms with Gasteiger partial charge in [0.2, 0.25) is 4.96 Å². The Hall–Kier alpha value is -1.97. The van der Waals surface area contributed by atoms with Gasteiger partial charge in [-0.2, -0.15) is 27.9 Å². The van der Waals surface area contributed by atoms with Crippen molar-refractivity contribution in [1.82, 2.24) is 29.6 Å². The SMILES string of the molecule is CCn1ncc(-c2nn3c(C(F)(F)F)nnc3s2)c1C. The fraction of sp³-hybridized carbons (Fsp3) is 0.400. The second-order valence-electron chi connectivity index (χ2n) is 4.08. The molecule has 0 aliphatic rings. The highest BCUT2D eigenvalue weighted by Crippen LogP contribution is 2.32. The van der Waals surface area contributed by atoms with Crippen molar-refractivity contribution in [3.63, 3.8) is 0 Å². The summed E-state index contributed by atoms with van der Waals surface area (Å²) in [5, 5.41) is 15.2. The van der Waals surface area contributed by atoms with Gasteiger partial charge in [0.25, 0.3) is 5.82 Å². The van der Waals surface area contributed by atoms with Crippen molar-refractivity contribution in [2.45, 2.75) is 26.6 Å². The molecule has 3 aromatic rings. The number of aryl methyl sites for hydroxylation is 1. The third-order valence-corrected chi connectivity index (χ3v) is 3.81. The summed E-state index contributed by atoms with van der Waals surface area (Å²) < 4.78 is 40.7. The fourth-order valence-electron chi connectivity index (χ4n) is 1.88. The van der Waals surface area contributed by atoms with Crippen LogP contribution in [-0.2, 0) is 12.7 Å². The quantitative estimate of drug-likeness (QED) is 0.729. The van der Waals surface area contributed by atoms with Crippen molar-refractivity contribution in [3.8, 4) is 10.6 Å². The Bertz CT molecular complexity index is 768. The summed E-state index contributed by atoms with van der Waals surface area (Å²) in [7, 11) is 0. The van der Waals surface area contributed by atoms with Gasteiger partial charge >= 0.3 is 6.18 Å². The molecule has 3 rings (SSSR count). The molecule has 3 aromatic heterocycles. The van der Waals surface area contributed by atoms with Gasteiger partial charge < -0.3 is 0 Å². The minimum absolute atomic E-state index is 0.107. The zero-order chi connectivity index (χ0) is 14.5. The molecule has 0 saturated heterocycles. The van der Waals surface area contributed by atoms with Crippen LogP contribution in [0.1, 0.15) is 18.4 Å². The lowest BCUT2D eigenvalue weighted by Gasteiger charge is -2.00. The zero-order valence-electron chi connectivity index (χ0n) is 10.5. The topological polar surface area (TPSA) is 60.9 Å². The molecule has 10 heteroatoms. The minimum Gasteiger partial charge on any atom is -0.269 e. The first kappa shape index (κ1) is 13.0. The maximum atomic E-state index is 12.7. The second kappa shape index (κ2) is 4.27. The molecule has 0 aromatic carbocycles. The van der Waals surface area contributed by atoms with Crippen LogP contribution >= 0.6 is 11.3 Å². The zero-order valence-corrected chi connectivity index (χ0v) is 11.3. The van der Waals surface area contributed by atoms with Crippen LogP contribution in [0.2, 0.25) is 0 Å². The Morgan fingerprint density at radius 2 is 2.05 bits per heavy atom. The van der Waals surface area contributed by atoms with E-state index in [0.717, 1.165) is 21.5 Å². The van der Waals surface area contributed by atoms with Gasteiger partial charge in [-0.1, -0.05) is 11.3 Å². The first-order valence-electron chi connectivity index (χ1n) is 5.74. The Morgan fingerprint density at radius 3 is 2.65 bits per heavy atom. The van der Waals surface area contributed by atoms with Crippen LogP contribution in [0.4, 0.5) is 13.2 Å². The molecule has 0 spiro atoms. The first-order chi connectivity index (χ1) is 9.41. The molecular formula is C10H9F3N6S. The summed E-state index contributed by atoms with van der Waals surface area (Å²) in [5.74, 6) is -1.12. The summed E-state index contributed by atoms with van der Waals surface area (Å²) in [4.78, 5) is 0.107. The van der Waals surface area contributed by atoms with E-state index in [1.54, 1.807) is 10.9 Å². The molecule has 0 fully saturated rings. The molecule has 0 amide bonds. The van der Waals surface area contributed by atoms with Crippen molar-refractivity contribution in [2.75, 3.05) is 0 Å². The van der Waals surface area contributed by atoms with E-state index < -0.39 is 12.0 Å². The van der Waals surface area contributed by atoms with Gasteiger partial charge in [-0.25, -0.2) is 0 Å². The van der Waals surface area contributed by atoms with E-state index in [0.29, 0.717) is 17.1 Å². The Kier molecular flexibility index (Phi) is 2.78. The molecule has 0 saturated carbocycles. The smallest absolute Gasteiger partial charge is 0.269 e. The number of alkyl halides is 3. The van der Waals surface area contributed by atoms with Gasteiger partial charge in [0.15, 0.2) is 5.01 Å². The molecule has 0 unspecified atom stereocenters. The van der Waals surface area contributed by atoms with Gasteiger partial charge in [0, 0.05) is 12.2 Å². The highest BCUT2D eigenvalue weighted by atomic mass is 32.1. The summed E-state index contributed by atoms with van der Waals surface area (Å²) >= 11 is 1.05.